The zero-order valence-corrected chi connectivity index (χ0v) is 12.6. The quantitative estimate of drug-likeness (QED) is 0.931. The highest BCUT2D eigenvalue weighted by Gasteiger charge is 2.30. The summed E-state index contributed by atoms with van der Waals surface area (Å²) in [6.45, 7) is 4.17. The van der Waals surface area contributed by atoms with Gasteiger partial charge in [-0.05, 0) is 30.5 Å². The van der Waals surface area contributed by atoms with Crippen LogP contribution >= 0.6 is 11.6 Å². The summed E-state index contributed by atoms with van der Waals surface area (Å²) in [4.78, 5) is 15.9. The van der Waals surface area contributed by atoms with Crippen LogP contribution in [0.3, 0.4) is 0 Å². The number of nitrogens with zero attached hydrogens (tertiary/aromatic N) is 2. The molecule has 1 aromatic rings. The maximum Gasteiger partial charge on any atom is 0.317 e. The predicted molar refractivity (Wildman–Crippen MR) is 79.8 cm³/mol. The number of halogens is 2. The maximum atomic E-state index is 13.0. The van der Waals surface area contributed by atoms with Gasteiger partial charge in [0.1, 0.15) is 5.82 Å². The molecular weight excluding hydrogens is 293 g/mol. The van der Waals surface area contributed by atoms with Crippen LogP contribution in [0.4, 0.5) is 9.18 Å². The lowest BCUT2D eigenvalue weighted by Crippen LogP contribution is -2.45. The van der Waals surface area contributed by atoms with Crippen LogP contribution in [0.25, 0.3) is 0 Å². The predicted octanol–water partition coefficient (Wildman–Crippen LogP) is 2.47. The van der Waals surface area contributed by atoms with E-state index in [2.05, 4.69) is 10.2 Å². The van der Waals surface area contributed by atoms with Crippen LogP contribution in [-0.2, 0) is 6.54 Å². The Morgan fingerprint density at radius 1 is 1.29 bits per heavy atom. The van der Waals surface area contributed by atoms with Crippen LogP contribution in [0.15, 0.2) is 18.2 Å². The van der Waals surface area contributed by atoms with Gasteiger partial charge >= 0.3 is 6.03 Å². The molecular formula is C15H19ClFN3O. The lowest BCUT2D eigenvalue weighted by molar-refractivity contribution is 0.132. The molecule has 2 fully saturated rings. The summed E-state index contributed by atoms with van der Waals surface area (Å²) in [5, 5.41) is 3.33. The van der Waals surface area contributed by atoms with Crippen molar-refractivity contribution in [2.24, 2.45) is 0 Å². The zero-order valence-electron chi connectivity index (χ0n) is 11.8. The topological polar surface area (TPSA) is 35.6 Å². The van der Waals surface area contributed by atoms with Crippen molar-refractivity contribution in [1.29, 1.82) is 0 Å². The van der Waals surface area contributed by atoms with E-state index in [-0.39, 0.29) is 11.8 Å². The van der Waals surface area contributed by atoms with Gasteiger partial charge in [-0.3, -0.25) is 4.90 Å². The Kier molecular flexibility index (Phi) is 4.31. The molecule has 2 aliphatic heterocycles. The van der Waals surface area contributed by atoms with E-state index in [0.717, 1.165) is 51.1 Å². The fourth-order valence-electron chi connectivity index (χ4n) is 3.11. The first-order chi connectivity index (χ1) is 10.1. The fourth-order valence-corrected chi connectivity index (χ4v) is 3.34. The number of benzene rings is 1. The molecule has 0 bridgehead atoms. The normalized spacial score (nSPS) is 20.9. The van der Waals surface area contributed by atoms with E-state index in [1.807, 2.05) is 4.90 Å². The number of hydrogen-bond acceptors (Lipinski definition) is 2. The first-order valence-corrected chi connectivity index (χ1v) is 7.72. The van der Waals surface area contributed by atoms with Gasteiger partial charge < -0.3 is 10.2 Å². The molecule has 1 aromatic carbocycles. The number of likely N-dealkylation sites (tertiary alicyclic amines) is 1. The minimum Gasteiger partial charge on any atom is -0.336 e. The lowest BCUT2D eigenvalue weighted by atomic mass is 10.0. The SMILES string of the molecule is O=C1NCCN1C1CCN(Cc2ccc(F)cc2Cl)CC1. The molecule has 2 saturated heterocycles. The van der Waals surface area contributed by atoms with Gasteiger partial charge in [0.25, 0.3) is 0 Å². The minimum atomic E-state index is -0.303. The Balaban J connectivity index is 1.55. The fraction of sp³-hybridized carbons (Fsp3) is 0.533. The smallest absolute Gasteiger partial charge is 0.317 e. The van der Waals surface area contributed by atoms with Crippen molar-refractivity contribution in [3.8, 4) is 0 Å². The number of nitrogens with one attached hydrogen (secondary N) is 1. The van der Waals surface area contributed by atoms with E-state index in [0.29, 0.717) is 11.1 Å². The molecule has 1 N–H and O–H groups in total. The summed E-state index contributed by atoms with van der Waals surface area (Å²) in [5.74, 6) is -0.303. The molecule has 114 valence electrons. The second kappa shape index (κ2) is 6.20. The summed E-state index contributed by atoms with van der Waals surface area (Å²) in [5.41, 5.74) is 0.954. The first kappa shape index (κ1) is 14.6. The zero-order chi connectivity index (χ0) is 14.8. The molecule has 4 nitrogen and oxygen atoms in total. The molecule has 6 heteroatoms. The van der Waals surface area contributed by atoms with Crippen LogP contribution in [0.1, 0.15) is 18.4 Å². The number of rotatable bonds is 3. The number of carbonyl (C=O) groups is 1. The molecule has 0 unspecified atom stereocenters. The van der Waals surface area contributed by atoms with E-state index in [4.69, 9.17) is 11.6 Å². The van der Waals surface area contributed by atoms with Crippen molar-refractivity contribution >= 4 is 17.6 Å². The highest BCUT2D eigenvalue weighted by molar-refractivity contribution is 6.31. The molecule has 0 saturated carbocycles. The van der Waals surface area contributed by atoms with Gasteiger partial charge in [0.2, 0.25) is 0 Å². The highest BCUT2D eigenvalue weighted by Crippen LogP contribution is 2.23. The Morgan fingerprint density at radius 3 is 2.67 bits per heavy atom. The van der Waals surface area contributed by atoms with Crippen LogP contribution < -0.4 is 5.32 Å². The molecule has 0 aliphatic carbocycles. The minimum absolute atomic E-state index is 0.0648. The largest absolute Gasteiger partial charge is 0.336 e. The van der Waals surface area contributed by atoms with E-state index >= 15 is 0 Å². The molecule has 0 aromatic heterocycles. The summed E-state index contributed by atoms with van der Waals surface area (Å²) in [7, 11) is 0. The molecule has 3 rings (SSSR count). The average molecular weight is 312 g/mol. The Morgan fingerprint density at radius 2 is 2.05 bits per heavy atom. The standard InChI is InChI=1S/C15H19ClFN3O/c16-14-9-12(17)2-1-11(14)10-19-6-3-13(4-7-19)20-8-5-18-15(20)21/h1-2,9,13H,3-8,10H2,(H,18,21). The summed E-state index contributed by atoms with van der Waals surface area (Å²) in [6.07, 6.45) is 1.96. The van der Waals surface area contributed by atoms with Crippen LogP contribution in [0.2, 0.25) is 5.02 Å². The Bertz CT molecular complexity index is 532. The van der Waals surface area contributed by atoms with Crippen LogP contribution in [-0.4, -0.2) is 48.1 Å². The lowest BCUT2D eigenvalue weighted by Gasteiger charge is -2.36. The van der Waals surface area contributed by atoms with Crippen LogP contribution in [0, 0.1) is 5.82 Å². The van der Waals surface area contributed by atoms with Crippen molar-refractivity contribution < 1.29 is 9.18 Å². The number of urea groups is 1. The van der Waals surface area contributed by atoms with Gasteiger partial charge in [0.15, 0.2) is 0 Å². The number of carbonyl (C=O) groups excluding carboxylic acids is 1. The van der Waals surface area contributed by atoms with Gasteiger partial charge in [-0.1, -0.05) is 17.7 Å². The van der Waals surface area contributed by atoms with Crippen LogP contribution in [0.5, 0.6) is 0 Å². The third-order valence-electron chi connectivity index (χ3n) is 4.30. The van der Waals surface area contributed by atoms with E-state index < -0.39 is 0 Å². The second-order valence-electron chi connectivity index (χ2n) is 5.67. The Labute approximate surface area is 128 Å². The molecule has 2 amide bonds. The molecule has 2 aliphatic rings. The summed E-state index contributed by atoms with van der Waals surface area (Å²) >= 11 is 6.07. The molecule has 21 heavy (non-hydrogen) atoms. The highest BCUT2D eigenvalue weighted by atomic mass is 35.5. The first-order valence-electron chi connectivity index (χ1n) is 7.34. The van der Waals surface area contributed by atoms with Gasteiger partial charge in [0, 0.05) is 43.8 Å². The molecule has 0 spiro atoms. The average Bonchev–Trinajstić information content (AvgIpc) is 2.89. The molecule has 2 heterocycles. The van der Waals surface area contributed by atoms with Crippen molar-refractivity contribution in [2.75, 3.05) is 26.2 Å². The summed E-state index contributed by atoms with van der Waals surface area (Å²) in [6, 6.07) is 4.96. The monoisotopic (exact) mass is 311 g/mol. The number of amides is 2. The summed E-state index contributed by atoms with van der Waals surface area (Å²) < 4.78 is 13.0. The van der Waals surface area contributed by atoms with Gasteiger partial charge in [-0.25, -0.2) is 9.18 Å². The Hall–Kier alpha value is -1.33. The second-order valence-corrected chi connectivity index (χ2v) is 6.08. The van der Waals surface area contributed by atoms with Crippen molar-refractivity contribution in [3.05, 3.63) is 34.6 Å². The van der Waals surface area contributed by atoms with Gasteiger partial charge in [-0.15, -0.1) is 0 Å². The molecule has 0 radical (unpaired) electrons. The van der Waals surface area contributed by atoms with Crippen molar-refractivity contribution in [3.63, 3.8) is 0 Å². The van der Waals surface area contributed by atoms with Gasteiger partial charge in [-0.2, -0.15) is 0 Å². The third kappa shape index (κ3) is 3.30. The number of hydrogen-bond donors (Lipinski definition) is 1. The number of piperidine rings is 1. The van der Waals surface area contributed by atoms with Crippen molar-refractivity contribution in [1.82, 2.24) is 15.1 Å². The third-order valence-corrected chi connectivity index (χ3v) is 4.65. The maximum absolute atomic E-state index is 13.0. The van der Waals surface area contributed by atoms with Crippen molar-refractivity contribution in [2.45, 2.75) is 25.4 Å². The van der Waals surface area contributed by atoms with Gasteiger partial charge in [0.05, 0.1) is 0 Å². The molecule has 0 atom stereocenters. The van der Waals surface area contributed by atoms with E-state index in [1.165, 1.54) is 12.1 Å². The van der Waals surface area contributed by atoms with E-state index in [1.54, 1.807) is 6.07 Å². The van der Waals surface area contributed by atoms with E-state index in [9.17, 15) is 9.18 Å².